The van der Waals surface area contributed by atoms with Crippen LogP contribution in [0, 0.1) is 11.3 Å². The molecular formula is C13H11NO3. The van der Waals surface area contributed by atoms with Gasteiger partial charge in [-0.25, -0.2) is 4.79 Å². The van der Waals surface area contributed by atoms with E-state index in [-0.39, 0.29) is 11.4 Å². The number of hydrogen-bond donors (Lipinski definition) is 0. The molecule has 0 saturated heterocycles. The van der Waals surface area contributed by atoms with Crippen molar-refractivity contribution in [1.82, 2.24) is 0 Å². The highest BCUT2D eigenvalue weighted by molar-refractivity contribution is 6.19. The molecule has 0 bridgehead atoms. The summed E-state index contributed by atoms with van der Waals surface area (Å²) in [6, 6.07) is 8.59. The van der Waals surface area contributed by atoms with Crippen LogP contribution in [-0.2, 0) is 14.3 Å². The summed E-state index contributed by atoms with van der Waals surface area (Å²) in [7, 11) is 1.21. The Morgan fingerprint density at radius 2 is 2.12 bits per heavy atom. The standard InChI is InChI=1S/C13H11NO3/c1-9(15)12(13(16)17-2)7-10-4-3-5-11(6-10)8-14/h3-7H,1-2H3/b12-7-. The van der Waals surface area contributed by atoms with E-state index in [4.69, 9.17) is 5.26 Å². The molecular weight excluding hydrogens is 218 g/mol. The number of Topliss-reactive ketones (excluding diaryl/α,β-unsaturated/α-hetero) is 1. The van der Waals surface area contributed by atoms with Gasteiger partial charge in [-0.05, 0) is 30.7 Å². The first-order valence-corrected chi connectivity index (χ1v) is 4.89. The lowest BCUT2D eigenvalue weighted by Crippen LogP contribution is -2.11. The van der Waals surface area contributed by atoms with Crippen LogP contribution in [0.1, 0.15) is 18.1 Å². The van der Waals surface area contributed by atoms with Crippen molar-refractivity contribution >= 4 is 17.8 Å². The van der Waals surface area contributed by atoms with Crippen molar-refractivity contribution in [2.45, 2.75) is 6.92 Å². The summed E-state index contributed by atoms with van der Waals surface area (Å²) in [4.78, 5) is 22.6. The summed E-state index contributed by atoms with van der Waals surface area (Å²) in [5.41, 5.74) is 1.04. The second kappa shape index (κ2) is 5.61. The SMILES string of the molecule is COC(=O)/C(=C\c1cccc(C#N)c1)C(C)=O. The maximum atomic E-state index is 11.3. The largest absolute Gasteiger partial charge is 0.465 e. The van der Waals surface area contributed by atoms with Crippen LogP contribution in [0.2, 0.25) is 0 Å². The molecule has 17 heavy (non-hydrogen) atoms. The average Bonchev–Trinajstić information content (AvgIpc) is 2.35. The van der Waals surface area contributed by atoms with Gasteiger partial charge in [0.1, 0.15) is 5.57 Å². The highest BCUT2D eigenvalue weighted by Crippen LogP contribution is 2.11. The molecule has 0 aromatic heterocycles. The molecule has 4 heteroatoms. The smallest absolute Gasteiger partial charge is 0.341 e. The first-order valence-electron chi connectivity index (χ1n) is 4.89. The van der Waals surface area contributed by atoms with E-state index < -0.39 is 5.97 Å². The number of benzene rings is 1. The van der Waals surface area contributed by atoms with Crippen LogP contribution in [-0.4, -0.2) is 18.9 Å². The molecule has 0 radical (unpaired) electrons. The summed E-state index contributed by atoms with van der Waals surface area (Å²) in [6.07, 6.45) is 1.41. The monoisotopic (exact) mass is 229 g/mol. The molecule has 0 N–H and O–H groups in total. The highest BCUT2D eigenvalue weighted by atomic mass is 16.5. The number of nitriles is 1. The van der Waals surface area contributed by atoms with Gasteiger partial charge in [0.15, 0.2) is 5.78 Å². The zero-order chi connectivity index (χ0) is 12.8. The number of carbonyl (C=O) groups excluding carboxylic acids is 2. The molecule has 0 spiro atoms. The van der Waals surface area contributed by atoms with Gasteiger partial charge in [-0.2, -0.15) is 5.26 Å². The zero-order valence-electron chi connectivity index (χ0n) is 9.56. The Morgan fingerprint density at radius 3 is 2.65 bits per heavy atom. The van der Waals surface area contributed by atoms with Gasteiger partial charge in [-0.3, -0.25) is 4.79 Å². The summed E-state index contributed by atoms with van der Waals surface area (Å²) in [5.74, 6) is -1.06. The van der Waals surface area contributed by atoms with E-state index in [2.05, 4.69) is 4.74 Å². The van der Waals surface area contributed by atoms with Crippen molar-refractivity contribution in [2.75, 3.05) is 7.11 Å². The molecule has 1 aromatic carbocycles. The maximum Gasteiger partial charge on any atom is 0.341 e. The van der Waals surface area contributed by atoms with Crippen LogP contribution in [0.15, 0.2) is 29.8 Å². The molecule has 0 aliphatic carbocycles. The predicted molar refractivity (Wildman–Crippen MR) is 61.8 cm³/mol. The molecule has 0 aliphatic heterocycles. The van der Waals surface area contributed by atoms with Crippen LogP contribution < -0.4 is 0 Å². The minimum atomic E-state index is -0.681. The summed E-state index contributed by atoms with van der Waals surface area (Å²) in [6.45, 7) is 1.29. The Hall–Kier alpha value is -2.41. The lowest BCUT2D eigenvalue weighted by Gasteiger charge is -2.01. The van der Waals surface area contributed by atoms with Crippen LogP contribution >= 0.6 is 0 Å². The summed E-state index contributed by atoms with van der Waals surface area (Å²) < 4.78 is 4.51. The number of rotatable bonds is 3. The molecule has 0 amide bonds. The lowest BCUT2D eigenvalue weighted by molar-refractivity contribution is -0.137. The fourth-order valence-electron chi connectivity index (χ4n) is 1.28. The average molecular weight is 229 g/mol. The third-order valence-electron chi connectivity index (χ3n) is 2.11. The van der Waals surface area contributed by atoms with Crippen molar-refractivity contribution in [3.05, 3.63) is 41.0 Å². The third-order valence-corrected chi connectivity index (χ3v) is 2.11. The van der Waals surface area contributed by atoms with E-state index in [1.54, 1.807) is 24.3 Å². The van der Waals surface area contributed by atoms with Gasteiger partial charge in [0.05, 0.1) is 18.7 Å². The lowest BCUT2D eigenvalue weighted by atomic mass is 10.1. The van der Waals surface area contributed by atoms with Crippen LogP contribution in [0.4, 0.5) is 0 Å². The van der Waals surface area contributed by atoms with Crippen molar-refractivity contribution in [3.8, 4) is 6.07 Å². The summed E-state index contributed by atoms with van der Waals surface area (Å²) in [5, 5.41) is 8.73. The van der Waals surface area contributed by atoms with Crippen molar-refractivity contribution in [3.63, 3.8) is 0 Å². The van der Waals surface area contributed by atoms with E-state index >= 15 is 0 Å². The van der Waals surface area contributed by atoms with Crippen LogP contribution in [0.5, 0.6) is 0 Å². The molecule has 0 fully saturated rings. The number of ketones is 1. The molecule has 0 unspecified atom stereocenters. The van der Waals surface area contributed by atoms with Gasteiger partial charge in [0.2, 0.25) is 0 Å². The van der Waals surface area contributed by atoms with Crippen LogP contribution in [0.3, 0.4) is 0 Å². The normalized spacial score (nSPS) is 10.5. The molecule has 1 rings (SSSR count). The number of methoxy groups -OCH3 is 1. The summed E-state index contributed by atoms with van der Waals surface area (Å²) >= 11 is 0. The number of ether oxygens (including phenoxy) is 1. The van der Waals surface area contributed by atoms with E-state index in [1.807, 2.05) is 6.07 Å². The van der Waals surface area contributed by atoms with E-state index in [0.29, 0.717) is 11.1 Å². The van der Waals surface area contributed by atoms with Gasteiger partial charge in [0, 0.05) is 0 Å². The van der Waals surface area contributed by atoms with E-state index in [9.17, 15) is 9.59 Å². The fourth-order valence-corrected chi connectivity index (χ4v) is 1.28. The number of hydrogen-bond acceptors (Lipinski definition) is 4. The minimum absolute atomic E-state index is 0.0393. The van der Waals surface area contributed by atoms with Crippen molar-refractivity contribution < 1.29 is 14.3 Å². The second-order valence-corrected chi connectivity index (χ2v) is 3.34. The van der Waals surface area contributed by atoms with Gasteiger partial charge in [-0.15, -0.1) is 0 Å². The maximum absolute atomic E-state index is 11.3. The number of nitrogens with zero attached hydrogens (tertiary/aromatic N) is 1. The zero-order valence-corrected chi connectivity index (χ0v) is 9.56. The minimum Gasteiger partial charge on any atom is -0.465 e. The molecule has 1 aromatic rings. The first kappa shape index (κ1) is 12.7. The first-order chi connectivity index (χ1) is 8.08. The molecule has 4 nitrogen and oxygen atoms in total. The van der Waals surface area contributed by atoms with Crippen LogP contribution in [0.25, 0.3) is 6.08 Å². The Balaban J connectivity index is 3.18. The highest BCUT2D eigenvalue weighted by Gasteiger charge is 2.14. The number of carbonyl (C=O) groups is 2. The van der Waals surface area contributed by atoms with Gasteiger partial charge >= 0.3 is 5.97 Å². The Kier molecular flexibility index (Phi) is 4.18. The van der Waals surface area contributed by atoms with Gasteiger partial charge < -0.3 is 4.74 Å². The Morgan fingerprint density at radius 1 is 1.41 bits per heavy atom. The molecule has 0 saturated carbocycles. The molecule has 0 heterocycles. The Bertz CT molecular complexity index is 524. The topological polar surface area (TPSA) is 67.2 Å². The van der Waals surface area contributed by atoms with Gasteiger partial charge in [0.25, 0.3) is 0 Å². The molecule has 86 valence electrons. The predicted octanol–water partition coefficient (Wildman–Crippen LogP) is 1.70. The van der Waals surface area contributed by atoms with E-state index in [1.165, 1.54) is 20.1 Å². The fraction of sp³-hybridized carbons (Fsp3) is 0.154. The van der Waals surface area contributed by atoms with E-state index in [0.717, 1.165) is 0 Å². The van der Waals surface area contributed by atoms with Crippen molar-refractivity contribution in [1.29, 1.82) is 5.26 Å². The third kappa shape index (κ3) is 3.28. The number of esters is 1. The molecule has 0 atom stereocenters. The van der Waals surface area contributed by atoms with Gasteiger partial charge in [-0.1, -0.05) is 12.1 Å². The quantitative estimate of drug-likeness (QED) is 0.342. The Labute approximate surface area is 99.1 Å². The molecule has 0 aliphatic rings. The second-order valence-electron chi connectivity index (χ2n) is 3.34. The van der Waals surface area contributed by atoms with Crippen molar-refractivity contribution in [2.24, 2.45) is 0 Å².